The Morgan fingerprint density at radius 1 is 0.861 bits per heavy atom. The van der Waals surface area contributed by atoms with Crippen LogP contribution in [0.5, 0.6) is 0 Å². The van der Waals surface area contributed by atoms with E-state index < -0.39 is 29.7 Å². The van der Waals surface area contributed by atoms with E-state index in [0.717, 1.165) is 18.1 Å². The molecule has 0 aliphatic carbocycles. The molecule has 0 heterocycles. The summed E-state index contributed by atoms with van der Waals surface area (Å²) in [4.78, 5) is 25.0. The lowest BCUT2D eigenvalue weighted by Gasteiger charge is -2.25. The second-order valence-corrected chi connectivity index (χ2v) is 8.82. The Kier molecular flexibility index (Phi) is 10.3. The van der Waals surface area contributed by atoms with E-state index in [1.165, 1.54) is 17.7 Å². The van der Waals surface area contributed by atoms with Gasteiger partial charge in [0.15, 0.2) is 5.78 Å². The molecule has 0 spiro atoms. The molecule has 0 fully saturated rings. The van der Waals surface area contributed by atoms with E-state index in [9.17, 15) is 23.5 Å². The van der Waals surface area contributed by atoms with E-state index in [-0.39, 0.29) is 31.6 Å². The predicted octanol–water partition coefficient (Wildman–Crippen LogP) is 4.37. The fourth-order valence-electron chi connectivity index (χ4n) is 4.01. The Hall–Kier alpha value is -3.42. The van der Waals surface area contributed by atoms with Crippen LogP contribution >= 0.6 is 0 Å². The highest BCUT2D eigenvalue weighted by molar-refractivity contribution is 5.97. The predicted molar refractivity (Wildman–Crippen MR) is 136 cm³/mol. The number of amides is 1. The maximum Gasteiger partial charge on any atom is 0.220 e. The number of carbonyl (C=O) groups excluding carboxylic acids is 2. The van der Waals surface area contributed by atoms with Gasteiger partial charge in [-0.2, -0.15) is 0 Å². The molecular weight excluding hydrogens is 462 g/mol. The van der Waals surface area contributed by atoms with Crippen molar-refractivity contribution in [2.24, 2.45) is 0 Å². The molecule has 0 radical (unpaired) electrons. The van der Waals surface area contributed by atoms with Gasteiger partial charge in [-0.05, 0) is 41.7 Å². The summed E-state index contributed by atoms with van der Waals surface area (Å²) >= 11 is 0. The van der Waals surface area contributed by atoms with Crippen LogP contribution in [-0.4, -0.2) is 35.5 Å². The van der Waals surface area contributed by atoms with Crippen molar-refractivity contribution >= 4 is 11.7 Å². The zero-order valence-electron chi connectivity index (χ0n) is 20.3. The van der Waals surface area contributed by atoms with Crippen molar-refractivity contribution in [1.82, 2.24) is 10.6 Å². The first-order chi connectivity index (χ1) is 17.3. The van der Waals surface area contributed by atoms with Gasteiger partial charge in [-0.25, -0.2) is 8.78 Å². The molecule has 1 amide bonds. The van der Waals surface area contributed by atoms with Crippen molar-refractivity contribution in [3.63, 3.8) is 0 Å². The molecule has 0 aromatic heterocycles. The minimum absolute atomic E-state index is 0.0132. The quantitative estimate of drug-likeness (QED) is 0.309. The fraction of sp³-hybridized carbons (Fsp3) is 0.310. The highest BCUT2D eigenvalue weighted by Crippen LogP contribution is 2.13. The third kappa shape index (κ3) is 8.66. The van der Waals surface area contributed by atoms with Crippen molar-refractivity contribution in [3.8, 4) is 0 Å². The summed E-state index contributed by atoms with van der Waals surface area (Å²) in [7, 11) is 0. The number of benzene rings is 3. The van der Waals surface area contributed by atoms with Crippen molar-refractivity contribution in [2.75, 3.05) is 6.54 Å². The standard InChI is InChI=1S/C29H32F2N2O3/c1-2-20-7-6-8-21(13-20)18-32-19-28(35)26(16-22-14-24(30)17-25(31)15-22)33-29(36)12-11-27(34)23-9-4-3-5-10-23/h3-10,13-15,17,26,28,32,35H,2,11-12,16,18-19H2,1H3,(H,33,36)/t26-,28+/m0/s1. The van der Waals surface area contributed by atoms with Crippen LogP contribution in [0, 0.1) is 11.6 Å². The van der Waals surface area contributed by atoms with Gasteiger partial charge in [0.25, 0.3) is 0 Å². The van der Waals surface area contributed by atoms with Crippen molar-refractivity contribution < 1.29 is 23.5 Å². The molecule has 0 saturated heterocycles. The molecular formula is C29H32F2N2O3. The number of rotatable bonds is 13. The normalized spacial score (nSPS) is 12.7. The average Bonchev–Trinajstić information content (AvgIpc) is 2.87. The van der Waals surface area contributed by atoms with E-state index in [4.69, 9.17) is 0 Å². The van der Waals surface area contributed by atoms with Gasteiger partial charge in [0.2, 0.25) is 5.91 Å². The van der Waals surface area contributed by atoms with Crippen molar-refractivity contribution in [1.29, 1.82) is 0 Å². The minimum atomic E-state index is -1.03. The van der Waals surface area contributed by atoms with E-state index in [1.807, 2.05) is 18.2 Å². The van der Waals surface area contributed by atoms with Crippen molar-refractivity contribution in [3.05, 3.63) is 107 Å². The Bertz CT molecular complexity index is 1130. The number of Topliss-reactive ketones (excluding diaryl/α,β-unsaturated/α-hetero) is 1. The maximum atomic E-state index is 13.7. The number of aryl methyl sites for hydroxylation is 1. The maximum absolute atomic E-state index is 13.7. The van der Waals surface area contributed by atoms with Crippen molar-refractivity contribution in [2.45, 2.75) is 51.3 Å². The first kappa shape index (κ1) is 27.2. The highest BCUT2D eigenvalue weighted by Gasteiger charge is 2.23. The average molecular weight is 495 g/mol. The molecule has 3 N–H and O–H groups in total. The number of halogens is 2. The van der Waals surface area contributed by atoms with E-state index >= 15 is 0 Å². The van der Waals surface area contributed by atoms with Crippen LogP contribution in [0.25, 0.3) is 0 Å². The summed E-state index contributed by atoms with van der Waals surface area (Å²) in [6, 6.07) is 19.1. The SMILES string of the molecule is CCc1cccc(CNC[C@@H](O)[C@H](Cc2cc(F)cc(F)c2)NC(=O)CCC(=O)c2ccccc2)c1. The van der Waals surface area contributed by atoms with Crippen LogP contribution in [0.4, 0.5) is 8.78 Å². The van der Waals surface area contributed by atoms with Crippen LogP contribution in [0.1, 0.15) is 46.8 Å². The summed E-state index contributed by atoms with van der Waals surface area (Å²) in [5.41, 5.74) is 3.10. The minimum Gasteiger partial charge on any atom is -0.390 e. The topological polar surface area (TPSA) is 78.4 Å². The first-order valence-corrected chi connectivity index (χ1v) is 12.1. The Labute approximate surface area is 210 Å². The Morgan fingerprint density at radius 2 is 1.56 bits per heavy atom. The third-order valence-corrected chi connectivity index (χ3v) is 5.95. The van der Waals surface area contributed by atoms with Gasteiger partial charge >= 0.3 is 0 Å². The molecule has 3 aromatic carbocycles. The van der Waals surface area contributed by atoms with E-state index in [1.54, 1.807) is 30.3 Å². The zero-order chi connectivity index (χ0) is 25.9. The third-order valence-electron chi connectivity index (χ3n) is 5.95. The number of hydrogen-bond acceptors (Lipinski definition) is 4. The Balaban J connectivity index is 1.62. The Morgan fingerprint density at radius 3 is 2.25 bits per heavy atom. The number of ketones is 1. The summed E-state index contributed by atoms with van der Waals surface area (Å²) in [6.45, 7) is 2.75. The lowest BCUT2D eigenvalue weighted by Crippen LogP contribution is -2.48. The fourth-order valence-corrected chi connectivity index (χ4v) is 4.01. The molecule has 0 aliphatic rings. The van der Waals surface area contributed by atoms with Gasteiger partial charge in [-0.3, -0.25) is 9.59 Å². The molecule has 5 nitrogen and oxygen atoms in total. The van der Waals surface area contributed by atoms with Gasteiger partial charge in [0.1, 0.15) is 11.6 Å². The molecule has 0 bridgehead atoms. The number of aliphatic hydroxyl groups excluding tert-OH is 1. The smallest absolute Gasteiger partial charge is 0.220 e. The van der Waals surface area contributed by atoms with Crippen LogP contribution in [0.2, 0.25) is 0 Å². The molecule has 3 rings (SSSR count). The van der Waals surface area contributed by atoms with Crippen LogP contribution in [0.15, 0.2) is 72.8 Å². The van der Waals surface area contributed by atoms with Gasteiger partial charge < -0.3 is 15.7 Å². The number of nitrogens with one attached hydrogen (secondary N) is 2. The highest BCUT2D eigenvalue weighted by atomic mass is 19.1. The van der Waals surface area contributed by atoms with E-state index in [0.29, 0.717) is 17.7 Å². The second kappa shape index (κ2) is 13.6. The van der Waals surface area contributed by atoms with Crippen LogP contribution < -0.4 is 10.6 Å². The molecule has 36 heavy (non-hydrogen) atoms. The van der Waals surface area contributed by atoms with Gasteiger partial charge in [-0.15, -0.1) is 0 Å². The van der Waals surface area contributed by atoms with Gasteiger partial charge in [-0.1, -0.05) is 61.5 Å². The lowest BCUT2D eigenvalue weighted by molar-refractivity contribution is -0.122. The van der Waals surface area contributed by atoms with Gasteiger partial charge in [0.05, 0.1) is 12.1 Å². The molecule has 2 atom stereocenters. The first-order valence-electron chi connectivity index (χ1n) is 12.1. The van der Waals surface area contributed by atoms with E-state index in [2.05, 4.69) is 23.6 Å². The molecule has 0 unspecified atom stereocenters. The largest absolute Gasteiger partial charge is 0.390 e. The van der Waals surface area contributed by atoms with Crippen LogP contribution in [-0.2, 0) is 24.2 Å². The second-order valence-electron chi connectivity index (χ2n) is 8.82. The zero-order valence-corrected chi connectivity index (χ0v) is 20.3. The summed E-state index contributed by atoms with van der Waals surface area (Å²) in [5, 5.41) is 16.8. The molecule has 190 valence electrons. The summed E-state index contributed by atoms with van der Waals surface area (Å²) < 4.78 is 27.5. The number of hydrogen-bond donors (Lipinski definition) is 3. The number of aliphatic hydroxyl groups is 1. The summed E-state index contributed by atoms with van der Waals surface area (Å²) in [5.74, 6) is -2.04. The molecule has 3 aromatic rings. The monoisotopic (exact) mass is 494 g/mol. The summed E-state index contributed by atoms with van der Waals surface area (Å²) in [6.07, 6.45) is -0.132. The molecule has 0 saturated carbocycles. The van der Waals surface area contributed by atoms with Crippen LogP contribution in [0.3, 0.4) is 0 Å². The number of carbonyl (C=O) groups is 2. The van der Waals surface area contributed by atoms with Gasteiger partial charge in [0, 0.05) is 37.6 Å². The molecule has 7 heteroatoms. The molecule has 0 aliphatic heterocycles. The lowest BCUT2D eigenvalue weighted by atomic mass is 10.00.